The van der Waals surface area contributed by atoms with Gasteiger partial charge in [-0.3, -0.25) is 9.69 Å². The van der Waals surface area contributed by atoms with Crippen LogP contribution in [0.1, 0.15) is 19.3 Å². The number of piperazine rings is 1. The van der Waals surface area contributed by atoms with E-state index >= 15 is 0 Å². The molecule has 2 aliphatic heterocycles. The zero-order chi connectivity index (χ0) is 17.9. The molecule has 0 bridgehead atoms. The lowest BCUT2D eigenvalue weighted by Gasteiger charge is -2.44. The third-order valence-corrected chi connectivity index (χ3v) is 5.05. The lowest BCUT2D eigenvalue weighted by molar-refractivity contribution is -0.162. The zero-order valence-corrected chi connectivity index (χ0v) is 14.2. The van der Waals surface area contributed by atoms with Crippen molar-refractivity contribution < 1.29 is 18.0 Å². The van der Waals surface area contributed by atoms with E-state index < -0.39 is 18.5 Å². The molecule has 25 heavy (non-hydrogen) atoms. The van der Waals surface area contributed by atoms with Gasteiger partial charge in [-0.25, -0.2) is 0 Å². The van der Waals surface area contributed by atoms with Gasteiger partial charge in [0.1, 0.15) is 6.42 Å². The molecule has 1 amide bonds. The van der Waals surface area contributed by atoms with Gasteiger partial charge >= 0.3 is 6.18 Å². The van der Waals surface area contributed by atoms with Crippen LogP contribution in [0.4, 0.5) is 18.9 Å². The summed E-state index contributed by atoms with van der Waals surface area (Å²) in [4.78, 5) is 17.9. The molecule has 0 aromatic heterocycles. The van der Waals surface area contributed by atoms with Gasteiger partial charge < -0.3 is 9.80 Å². The Morgan fingerprint density at radius 1 is 1.04 bits per heavy atom. The Balaban J connectivity index is 1.52. The fourth-order valence-electron chi connectivity index (χ4n) is 3.75. The maximum absolute atomic E-state index is 12.5. The zero-order valence-electron chi connectivity index (χ0n) is 14.2. The molecule has 0 spiro atoms. The quantitative estimate of drug-likeness (QED) is 0.834. The Morgan fingerprint density at radius 3 is 2.36 bits per heavy atom. The van der Waals surface area contributed by atoms with Gasteiger partial charge in [-0.2, -0.15) is 13.2 Å². The molecule has 2 heterocycles. The van der Waals surface area contributed by atoms with Gasteiger partial charge in [0.15, 0.2) is 0 Å². The summed E-state index contributed by atoms with van der Waals surface area (Å²) < 4.78 is 37.4. The van der Waals surface area contributed by atoms with E-state index in [0.29, 0.717) is 13.1 Å². The minimum atomic E-state index is -4.43. The molecule has 1 aromatic rings. The highest BCUT2D eigenvalue weighted by Gasteiger charge is 2.36. The second-order valence-electron chi connectivity index (χ2n) is 6.79. The number of alkyl halides is 3. The van der Waals surface area contributed by atoms with Crippen LogP contribution in [0.3, 0.4) is 0 Å². The van der Waals surface area contributed by atoms with Gasteiger partial charge in [-0.1, -0.05) is 18.2 Å². The van der Waals surface area contributed by atoms with Crippen LogP contribution in [-0.2, 0) is 4.79 Å². The van der Waals surface area contributed by atoms with Crippen LogP contribution in [-0.4, -0.2) is 67.2 Å². The van der Waals surface area contributed by atoms with E-state index in [0.717, 1.165) is 39.0 Å². The third kappa shape index (κ3) is 4.87. The molecular weight excluding hydrogens is 331 g/mol. The van der Waals surface area contributed by atoms with Crippen LogP contribution < -0.4 is 4.90 Å². The monoisotopic (exact) mass is 355 g/mol. The van der Waals surface area contributed by atoms with E-state index in [1.807, 2.05) is 18.2 Å². The number of hydrogen-bond donors (Lipinski definition) is 0. The number of nitrogens with zero attached hydrogens (tertiary/aromatic N) is 3. The van der Waals surface area contributed by atoms with E-state index in [1.165, 1.54) is 10.6 Å². The standard InChI is InChI=1S/C18H24F3N3O/c19-18(20,21)13-17(25)24-8-4-7-16(14-24)23-11-9-22(10-12-23)15-5-2-1-3-6-15/h1-3,5-6,16H,4,7-14H2. The molecule has 1 aromatic carbocycles. The third-order valence-electron chi connectivity index (χ3n) is 5.05. The van der Waals surface area contributed by atoms with E-state index in [2.05, 4.69) is 21.9 Å². The van der Waals surface area contributed by atoms with Crippen molar-refractivity contribution in [3.8, 4) is 0 Å². The fraction of sp³-hybridized carbons (Fsp3) is 0.611. The number of carbonyl (C=O) groups is 1. The molecule has 1 atom stereocenters. The molecule has 2 saturated heterocycles. The molecule has 0 radical (unpaired) electrons. The van der Waals surface area contributed by atoms with Gasteiger partial charge in [0.2, 0.25) is 5.91 Å². The summed E-state index contributed by atoms with van der Waals surface area (Å²) in [6.07, 6.45) is -4.05. The van der Waals surface area contributed by atoms with Crippen LogP contribution in [0.5, 0.6) is 0 Å². The van der Waals surface area contributed by atoms with Crippen LogP contribution in [0.15, 0.2) is 30.3 Å². The first kappa shape index (κ1) is 18.0. The molecular formula is C18H24F3N3O. The fourth-order valence-corrected chi connectivity index (χ4v) is 3.75. The molecule has 138 valence electrons. The predicted octanol–water partition coefficient (Wildman–Crippen LogP) is 2.75. The van der Waals surface area contributed by atoms with E-state index in [1.54, 1.807) is 0 Å². The Hall–Kier alpha value is -1.76. The predicted molar refractivity (Wildman–Crippen MR) is 90.5 cm³/mol. The van der Waals surface area contributed by atoms with Gasteiger partial charge in [-0.15, -0.1) is 0 Å². The second kappa shape index (κ2) is 7.64. The lowest BCUT2D eigenvalue weighted by atomic mass is 10.0. The van der Waals surface area contributed by atoms with Gasteiger partial charge in [0.25, 0.3) is 0 Å². The summed E-state index contributed by atoms with van der Waals surface area (Å²) in [5.41, 5.74) is 1.20. The molecule has 0 N–H and O–H groups in total. The van der Waals surface area contributed by atoms with Crippen molar-refractivity contribution in [2.45, 2.75) is 31.5 Å². The number of rotatable bonds is 3. The Labute approximate surface area is 146 Å². The number of piperidine rings is 1. The van der Waals surface area contributed by atoms with Crippen LogP contribution >= 0.6 is 0 Å². The average Bonchev–Trinajstić information content (AvgIpc) is 2.61. The molecule has 4 nitrogen and oxygen atoms in total. The number of halogens is 3. The highest BCUT2D eigenvalue weighted by atomic mass is 19.4. The maximum atomic E-state index is 12.5. The summed E-state index contributed by atoms with van der Waals surface area (Å²) in [6.45, 7) is 4.41. The number of benzene rings is 1. The smallest absolute Gasteiger partial charge is 0.369 e. The first-order chi connectivity index (χ1) is 11.9. The van der Waals surface area contributed by atoms with E-state index in [-0.39, 0.29) is 6.04 Å². The molecule has 1 unspecified atom stereocenters. The minimum absolute atomic E-state index is 0.170. The van der Waals surface area contributed by atoms with Gasteiger partial charge in [-0.05, 0) is 25.0 Å². The first-order valence-corrected chi connectivity index (χ1v) is 8.81. The number of para-hydroxylation sites is 1. The van der Waals surface area contributed by atoms with Gasteiger partial charge in [0.05, 0.1) is 0 Å². The summed E-state index contributed by atoms with van der Waals surface area (Å²) in [7, 11) is 0. The number of likely N-dealkylation sites (tertiary alicyclic amines) is 1. The Morgan fingerprint density at radius 2 is 1.72 bits per heavy atom. The van der Waals surface area contributed by atoms with Crippen molar-refractivity contribution in [3.05, 3.63) is 30.3 Å². The average molecular weight is 355 g/mol. The Kier molecular flexibility index (Phi) is 5.51. The van der Waals surface area contributed by atoms with Crippen LogP contribution in [0, 0.1) is 0 Å². The van der Waals surface area contributed by atoms with Crippen molar-refractivity contribution >= 4 is 11.6 Å². The maximum Gasteiger partial charge on any atom is 0.397 e. The van der Waals surface area contributed by atoms with Crippen molar-refractivity contribution in [2.24, 2.45) is 0 Å². The van der Waals surface area contributed by atoms with Crippen molar-refractivity contribution in [1.82, 2.24) is 9.80 Å². The molecule has 2 fully saturated rings. The van der Waals surface area contributed by atoms with Crippen LogP contribution in [0.25, 0.3) is 0 Å². The minimum Gasteiger partial charge on any atom is -0.369 e. The summed E-state index contributed by atoms with van der Waals surface area (Å²) in [5.74, 6) is -0.792. The van der Waals surface area contributed by atoms with Gasteiger partial charge in [0, 0.05) is 51.0 Å². The Bertz CT molecular complexity index is 571. The second-order valence-corrected chi connectivity index (χ2v) is 6.79. The summed E-state index contributed by atoms with van der Waals surface area (Å²) >= 11 is 0. The lowest BCUT2D eigenvalue weighted by Crippen LogP contribution is -2.56. The normalized spacial score (nSPS) is 22.9. The molecule has 0 aliphatic carbocycles. The van der Waals surface area contributed by atoms with Crippen molar-refractivity contribution in [1.29, 1.82) is 0 Å². The summed E-state index contributed by atoms with van der Waals surface area (Å²) in [5, 5.41) is 0. The number of amides is 1. The van der Waals surface area contributed by atoms with Crippen molar-refractivity contribution in [2.75, 3.05) is 44.2 Å². The molecule has 3 rings (SSSR count). The number of carbonyl (C=O) groups excluding carboxylic acids is 1. The summed E-state index contributed by atoms with van der Waals surface area (Å²) in [6, 6.07) is 10.4. The molecule has 7 heteroatoms. The van der Waals surface area contributed by atoms with E-state index in [9.17, 15) is 18.0 Å². The first-order valence-electron chi connectivity index (χ1n) is 8.81. The largest absolute Gasteiger partial charge is 0.397 e. The topological polar surface area (TPSA) is 26.8 Å². The highest BCUT2D eigenvalue weighted by Crippen LogP contribution is 2.24. The number of anilines is 1. The van der Waals surface area contributed by atoms with Crippen LogP contribution in [0.2, 0.25) is 0 Å². The SMILES string of the molecule is O=C(CC(F)(F)F)N1CCCC(N2CCN(c3ccccc3)CC2)C1. The molecule has 2 aliphatic rings. The van der Waals surface area contributed by atoms with Crippen molar-refractivity contribution in [3.63, 3.8) is 0 Å². The number of hydrogen-bond acceptors (Lipinski definition) is 3. The van der Waals surface area contributed by atoms with E-state index in [4.69, 9.17) is 0 Å². The highest BCUT2D eigenvalue weighted by molar-refractivity contribution is 5.77. The molecule has 0 saturated carbocycles.